The summed E-state index contributed by atoms with van der Waals surface area (Å²) in [6.07, 6.45) is 1.61. The second kappa shape index (κ2) is 4.59. The lowest BCUT2D eigenvalue weighted by Gasteiger charge is -2.07. The third-order valence-corrected chi connectivity index (χ3v) is 3.71. The molecule has 1 aromatic carbocycles. The fraction of sp³-hybridized carbons (Fsp3) is 0.0714. The molecule has 0 saturated carbocycles. The van der Waals surface area contributed by atoms with Gasteiger partial charge in [0.25, 0.3) is 5.91 Å². The molecule has 96 valence electrons. The molecule has 0 aliphatic heterocycles. The number of hydrogen-bond acceptors (Lipinski definition) is 2. The number of aryl methyl sites for hydroxylation is 1. The van der Waals surface area contributed by atoms with Crippen LogP contribution in [0.3, 0.4) is 0 Å². The van der Waals surface area contributed by atoms with Gasteiger partial charge in [-0.3, -0.25) is 4.79 Å². The van der Waals surface area contributed by atoms with Crippen molar-refractivity contribution in [1.82, 2.24) is 4.57 Å². The molecule has 0 saturated heterocycles. The standard InChI is InChI=1S/C14H11BrN2O2/c1-17-11-6-7-19-13(11)8-12(17)14(18)16-10-5-3-2-4-9(10)15/h2-8H,1H3,(H,16,18). The molecule has 4 nitrogen and oxygen atoms in total. The predicted octanol–water partition coefficient (Wildman–Crippen LogP) is 3.79. The minimum Gasteiger partial charge on any atom is -0.463 e. The van der Waals surface area contributed by atoms with Crippen molar-refractivity contribution >= 4 is 38.6 Å². The van der Waals surface area contributed by atoms with E-state index in [2.05, 4.69) is 21.2 Å². The summed E-state index contributed by atoms with van der Waals surface area (Å²) in [4.78, 5) is 12.3. The topological polar surface area (TPSA) is 47.2 Å². The fourth-order valence-electron chi connectivity index (χ4n) is 2.02. The van der Waals surface area contributed by atoms with Crippen LogP contribution in [0.15, 0.2) is 51.6 Å². The number of halogens is 1. The van der Waals surface area contributed by atoms with Crippen molar-refractivity contribution in [2.24, 2.45) is 7.05 Å². The number of nitrogens with zero attached hydrogens (tertiary/aromatic N) is 1. The molecule has 3 aromatic rings. The first-order valence-corrected chi connectivity index (χ1v) is 6.55. The van der Waals surface area contributed by atoms with Gasteiger partial charge in [-0.2, -0.15) is 0 Å². The average Bonchev–Trinajstić information content (AvgIpc) is 2.96. The number of rotatable bonds is 2. The van der Waals surface area contributed by atoms with Crippen molar-refractivity contribution in [2.45, 2.75) is 0 Å². The number of fused-ring (bicyclic) bond motifs is 1. The van der Waals surface area contributed by atoms with Crippen LogP contribution in [0, 0.1) is 0 Å². The highest BCUT2D eigenvalue weighted by Crippen LogP contribution is 2.24. The zero-order valence-electron chi connectivity index (χ0n) is 10.2. The summed E-state index contributed by atoms with van der Waals surface area (Å²) in [7, 11) is 1.84. The van der Waals surface area contributed by atoms with Gasteiger partial charge in [-0.05, 0) is 28.1 Å². The Labute approximate surface area is 118 Å². The van der Waals surface area contributed by atoms with Crippen molar-refractivity contribution in [2.75, 3.05) is 5.32 Å². The molecule has 0 fully saturated rings. The molecule has 0 atom stereocenters. The van der Waals surface area contributed by atoms with Gasteiger partial charge in [0.05, 0.1) is 17.5 Å². The second-order valence-corrected chi connectivity index (χ2v) is 5.05. The maximum atomic E-state index is 12.3. The monoisotopic (exact) mass is 318 g/mol. The average molecular weight is 319 g/mol. The highest BCUT2D eigenvalue weighted by atomic mass is 79.9. The van der Waals surface area contributed by atoms with Crippen LogP contribution in [0.1, 0.15) is 10.5 Å². The predicted molar refractivity (Wildman–Crippen MR) is 77.3 cm³/mol. The number of anilines is 1. The number of carbonyl (C=O) groups excluding carboxylic acids is 1. The quantitative estimate of drug-likeness (QED) is 0.781. The third-order valence-electron chi connectivity index (χ3n) is 3.02. The Hall–Kier alpha value is -2.01. The Balaban J connectivity index is 1.94. The van der Waals surface area contributed by atoms with Crippen LogP contribution in [0.4, 0.5) is 5.69 Å². The number of carbonyl (C=O) groups is 1. The molecular weight excluding hydrogens is 308 g/mol. The van der Waals surface area contributed by atoms with E-state index >= 15 is 0 Å². The lowest BCUT2D eigenvalue weighted by atomic mass is 10.3. The summed E-state index contributed by atoms with van der Waals surface area (Å²) in [5.41, 5.74) is 2.91. The summed E-state index contributed by atoms with van der Waals surface area (Å²) in [5, 5.41) is 2.87. The van der Waals surface area contributed by atoms with E-state index in [1.165, 1.54) is 0 Å². The third kappa shape index (κ3) is 2.06. The molecule has 0 aliphatic carbocycles. The number of aromatic nitrogens is 1. The maximum absolute atomic E-state index is 12.3. The molecule has 0 bridgehead atoms. The number of nitrogens with one attached hydrogen (secondary N) is 1. The van der Waals surface area contributed by atoms with E-state index in [4.69, 9.17) is 4.42 Å². The molecule has 0 spiro atoms. The number of furan rings is 1. The van der Waals surface area contributed by atoms with Crippen LogP contribution in [0.5, 0.6) is 0 Å². The highest BCUT2D eigenvalue weighted by molar-refractivity contribution is 9.10. The van der Waals surface area contributed by atoms with Gasteiger partial charge < -0.3 is 14.3 Å². The molecule has 2 aromatic heterocycles. The van der Waals surface area contributed by atoms with Gasteiger partial charge in [0.15, 0.2) is 5.58 Å². The first kappa shape index (κ1) is 12.0. The first-order valence-electron chi connectivity index (χ1n) is 5.75. The lowest BCUT2D eigenvalue weighted by Crippen LogP contribution is -2.15. The van der Waals surface area contributed by atoms with Crippen LogP contribution in [0.2, 0.25) is 0 Å². The molecule has 1 N–H and O–H groups in total. The lowest BCUT2D eigenvalue weighted by molar-refractivity contribution is 0.101. The van der Waals surface area contributed by atoms with Gasteiger partial charge >= 0.3 is 0 Å². The number of benzene rings is 1. The van der Waals surface area contributed by atoms with Gasteiger partial charge in [-0.15, -0.1) is 0 Å². The summed E-state index contributed by atoms with van der Waals surface area (Å²) in [6, 6.07) is 11.1. The van der Waals surface area contributed by atoms with Crippen molar-refractivity contribution in [3.63, 3.8) is 0 Å². The Morgan fingerprint density at radius 1 is 1.32 bits per heavy atom. The molecule has 0 unspecified atom stereocenters. The molecule has 5 heteroatoms. The number of para-hydroxylation sites is 1. The summed E-state index contributed by atoms with van der Waals surface area (Å²) in [6.45, 7) is 0. The van der Waals surface area contributed by atoms with Crippen LogP contribution in [-0.4, -0.2) is 10.5 Å². The molecule has 1 amide bonds. The van der Waals surface area contributed by atoms with Crippen molar-refractivity contribution in [3.05, 3.63) is 52.8 Å². The fourth-order valence-corrected chi connectivity index (χ4v) is 2.40. The summed E-state index contributed by atoms with van der Waals surface area (Å²) >= 11 is 3.40. The highest BCUT2D eigenvalue weighted by Gasteiger charge is 2.15. The van der Waals surface area contributed by atoms with Crippen LogP contribution < -0.4 is 5.32 Å². The van der Waals surface area contributed by atoms with Gasteiger partial charge in [-0.25, -0.2) is 0 Å². The molecule has 2 heterocycles. The first-order chi connectivity index (χ1) is 9.16. The van der Waals surface area contributed by atoms with Crippen LogP contribution in [-0.2, 0) is 7.05 Å². The van der Waals surface area contributed by atoms with E-state index < -0.39 is 0 Å². The Morgan fingerprint density at radius 3 is 2.84 bits per heavy atom. The smallest absolute Gasteiger partial charge is 0.272 e. The van der Waals surface area contributed by atoms with E-state index in [0.29, 0.717) is 11.3 Å². The van der Waals surface area contributed by atoms with Gasteiger partial charge in [0, 0.05) is 23.7 Å². The Kier molecular flexibility index (Phi) is 2.91. The van der Waals surface area contributed by atoms with Crippen LogP contribution in [0.25, 0.3) is 11.1 Å². The van der Waals surface area contributed by atoms with Crippen LogP contribution >= 0.6 is 15.9 Å². The molecule has 0 aliphatic rings. The second-order valence-electron chi connectivity index (χ2n) is 4.19. The zero-order chi connectivity index (χ0) is 13.4. The largest absolute Gasteiger partial charge is 0.463 e. The van der Waals surface area contributed by atoms with E-state index in [0.717, 1.165) is 15.7 Å². The summed E-state index contributed by atoms with van der Waals surface area (Å²) in [5.74, 6) is -0.166. The minimum atomic E-state index is -0.166. The molecule has 0 radical (unpaired) electrons. The zero-order valence-corrected chi connectivity index (χ0v) is 11.8. The molecule has 19 heavy (non-hydrogen) atoms. The van der Waals surface area contributed by atoms with E-state index in [1.807, 2.05) is 41.9 Å². The normalized spacial score (nSPS) is 10.8. The van der Waals surface area contributed by atoms with Gasteiger partial charge in [0.1, 0.15) is 5.69 Å². The van der Waals surface area contributed by atoms with Gasteiger partial charge in [-0.1, -0.05) is 12.1 Å². The Bertz CT molecular complexity index is 758. The molecule has 3 rings (SSSR count). The number of amides is 1. The SMILES string of the molecule is Cn1c(C(=O)Nc2ccccc2Br)cc2occc21. The summed E-state index contributed by atoms with van der Waals surface area (Å²) < 4.78 is 7.95. The van der Waals surface area contributed by atoms with E-state index in [1.54, 1.807) is 12.3 Å². The Morgan fingerprint density at radius 2 is 2.11 bits per heavy atom. The van der Waals surface area contributed by atoms with Crippen molar-refractivity contribution in [1.29, 1.82) is 0 Å². The van der Waals surface area contributed by atoms with Crippen molar-refractivity contribution in [3.8, 4) is 0 Å². The van der Waals surface area contributed by atoms with E-state index in [-0.39, 0.29) is 5.91 Å². The number of hydrogen-bond donors (Lipinski definition) is 1. The van der Waals surface area contributed by atoms with E-state index in [9.17, 15) is 4.79 Å². The van der Waals surface area contributed by atoms with Crippen molar-refractivity contribution < 1.29 is 9.21 Å². The minimum absolute atomic E-state index is 0.166. The molecular formula is C14H11BrN2O2. The van der Waals surface area contributed by atoms with Gasteiger partial charge in [0.2, 0.25) is 0 Å². The maximum Gasteiger partial charge on any atom is 0.272 e.